The highest BCUT2D eigenvalue weighted by Crippen LogP contribution is 2.33. The van der Waals surface area contributed by atoms with Gasteiger partial charge in [-0.05, 0) is 65.2 Å². The molecule has 12 heteroatoms. The smallest absolute Gasteiger partial charge is 0.345 e. The van der Waals surface area contributed by atoms with Crippen molar-refractivity contribution in [2.75, 3.05) is 5.32 Å². The molecule has 0 aliphatic rings. The van der Waals surface area contributed by atoms with E-state index < -0.39 is 11.6 Å². The molecule has 0 saturated carbocycles. The number of carbonyl (C=O) groups is 1. The molecule has 2 aromatic carbocycles. The van der Waals surface area contributed by atoms with Crippen LogP contribution in [0.2, 0.25) is 15.6 Å². The summed E-state index contributed by atoms with van der Waals surface area (Å²) in [6.45, 7) is 1.27. The lowest BCUT2D eigenvalue weighted by Crippen LogP contribution is -2.04. The SMILES string of the molecule is CC(=O)Oc1cc2oc(=O)c(-c3ccc(Cc4ccc(Nc5nc(Cl)nc(Cl)n5)cc4)s3)cc2cc1Cl. The number of hydrogen-bond donors (Lipinski definition) is 1. The first-order valence-corrected chi connectivity index (χ1v) is 12.7. The van der Waals surface area contributed by atoms with E-state index in [1.807, 2.05) is 36.4 Å². The Hall–Kier alpha value is -3.50. The van der Waals surface area contributed by atoms with Crippen molar-refractivity contribution in [3.63, 3.8) is 0 Å². The predicted octanol–water partition coefficient (Wildman–Crippen LogP) is 6.93. The van der Waals surface area contributed by atoms with E-state index in [0.717, 1.165) is 21.0 Å². The normalized spacial score (nSPS) is 11.0. The highest BCUT2D eigenvalue weighted by Gasteiger charge is 2.14. The molecular weight excluding hydrogens is 559 g/mol. The molecule has 37 heavy (non-hydrogen) atoms. The summed E-state index contributed by atoms with van der Waals surface area (Å²) in [5, 5.41) is 3.90. The third-order valence-electron chi connectivity index (χ3n) is 5.14. The largest absolute Gasteiger partial charge is 0.425 e. The maximum atomic E-state index is 12.7. The standard InChI is InChI=1S/C25H15Cl3N4O4S/c1-12(33)35-20-11-19-14(10-18(20)26)9-17(22(34)36-19)21-7-6-16(37-21)8-13-2-4-15(5-3-13)29-25-31-23(27)30-24(28)32-25/h2-7,9-11H,8H2,1H3,(H,29,30,31,32). The van der Waals surface area contributed by atoms with Crippen LogP contribution in [0.15, 0.2) is 63.8 Å². The molecule has 0 atom stereocenters. The van der Waals surface area contributed by atoms with E-state index in [-0.39, 0.29) is 32.9 Å². The molecule has 0 bridgehead atoms. The summed E-state index contributed by atoms with van der Waals surface area (Å²) in [4.78, 5) is 37.5. The lowest BCUT2D eigenvalue weighted by atomic mass is 10.1. The van der Waals surface area contributed by atoms with Gasteiger partial charge in [-0.3, -0.25) is 4.79 Å². The monoisotopic (exact) mass is 572 g/mol. The highest BCUT2D eigenvalue weighted by atomic mass is 35.5. The number of esters is 1. The molecule has 0 unspecified atom stereocenters. The zero-order valence-electron chi connectivity index (χ0n) is 18.9. The van der Waals surface area contributed by atoms with Crippen LogP contribution < -0.4 is 15.7 Å². The van der Waals surface area contributed by atoms with Crippen LogP contribution in [0.3, 0.4) is 0 Å². The Morgan fingerprint density at radius 2 is 1.73 bits per heavy atom. The molecule has 5 rings (SSSR count). The third kappa shape index (κ3) is 5.91. The summed E-state index contributed by atoms with van der Waals surface area (Å²) in [6.07, 6.45) is 0.671. The maximum absolute atomic E-state index is 12.7. The van der Waals surface area contributed by atoms with Crippen LogP contribution in [-0.2, 0) is 11.2 Å². The van der Waals surface area contributed by atoms with E-state index in [2.05, 4.69) is 20.3 Å². The van der Waals surface area contributed by atoms with E-state index in [4.69, 9.17) is 44.0 Å². The molecule has 8 nitrogen and oxygen atoms in total. The molecule has 0 aliphatic heterocycles. The second-order valence-corrected chi connectivity index (χ2v) is 10.1. The maximum Gasteiger partial charge on any atom is 0.345 e. The Labute approximate surface area is 228 Å². The Balaban J connectivity index is 1.33. The number of fused-ring (bicyclic) bond motifs is 1. The first-order chi connectivity index (χ1) is 17.7. The van der Waals surface area contributed by atoms with Crippen molar-refractivity contribution in [3.05, 3.63) is 91.0 Å². The molecule has 0 radical (unpaired) electrons. The van der Waals surface area contributed by atoms with Crippen LogP contribution in [0.1, 0.15) is 17.4 Å². The van der Waals surface area contributed by atoms with Crippen molar-refractivity contribution in [2.45, 2.75) is 13.3 Å². The van der Waals surface area contributed by atoms with E-state index in [0.29, 0.717) is 17.4 Å². The fraction of sp³-hybridized carbons (Fsp3) is 0.0800. The minimum absolute atomic E-state index is 0.00270. The van der Waals surface area contributed by atoms with Crippen molar-refractivity contribution in [2.24, 2.45) is 0 Å². The zero-order chi connectivity index (χ0) is 26.1. The average molecular weight is 574 g/mol. The van der Waals surface area contributed by atoms with Gasteiger partial charge in [0.1, 0.15) is 5.58 Å². The topological polar surface area (TPSA) is 107 Å². The molecule has 0 fully saturated rings. The van der Waals surface area contributed by atoms with Crippen molar-refractivity contribution in [3.8, 4) is 16.2 Å². The summed E-state index contributed by atoms with van der Waals surface area (Å²) in [7, 11) is 0. The van der Waals surface area contributed by atoms with Gasteiger partial charge in [-0.25, -0.2) is 4.79 Å². The Kier molecular flexibility index (Phi) is 7.12. The van der Waals surface area contributed by atoms with Crippen LogP contribution >= 0.6 is 46.1 Å². The van der Waals surface area contributed by atoms with Crippen LogP contribution in [0, 0.1) is 0 Å². The molecule has 0 spiro atoms. The van der Waals surface area contributed by atoms with Crippen LogP contribution in [0.4, 0.5) is 11.6 Å². The van der Waals surface area contributed by atoms with Crippen molar-refractivity contribution in [1.29, 1.82) is 0 Å². The summed E-state index contributed by atoms with van der Waals surface area (Å²) in [5.74, 6) is -0.133. The number of thiophene rings is 1. The van der Waals surface area contributed by atoms with Gasteiger partial charge in [0.05, 0.1) is 10.6 Å². The van der Waals surface area contributed by atoms with Crippen molar-refractivity contribution >= 4 is 74.7 Å². The van der Waals surface area contributed by atoms with E-state index >= 15 is 0 Å². The van der Waals surface area contributed by atoms with Crippen molar-refractivity contribution in [1.82, 2.24) is 15.0 Å². The van der Waals surface area contributed by atoms with Gasteiger partial charge in [-0.1, -0.05) is 23.7 Å². The number of rotatable bonds is 6. The molecule has 186 valence electrons. The Morgan fingerprint density at radius 3 is 2.43 bits per heavy atom. The fourth-order valence-electron chi connectivity index (χ4n) is 3.56. The minimum atomic E-state index is -0.519. The number of benzene rings is 2. The van der Waals surface area contributed by atoms with Gasteiger partial charge in [-0.2, -0.15) is 15.0 Å². The minimum Gasteiger partial charge on any atom is -0.425 e. The summed E-state index contributed by atoms with van der Waals surface area (Å²) >= 11 is 19.4. The lowest BCUT2D eigenvalue weighted by Gasteiger charge is -2.06. The fourth-order valence-corrected chi connectivity index (χ4v) is 5.18. The summed E-state index contributed by atoms with van der Waals surface area (Å²) in [6, 6.07) is 16.3. The molecule has 0 amide bonds. The van der Waals surface area contributed by atoms with Crippen molar-refractivity contribution < 1.29 is 13.9 Å². The second kappa shape index (κ2) is 10.5. The van der Waals surface area contributed by atoms with Gasteiger partial charge in [0.25, 0.3) is 0 Å². The summed E-state index contributed by atoms with van der Waals surface area (Å²) in [5.41, 5.74) is 2.04. The number of hydrogen-bond acceptors (Lipinski definition) is 9. The molecule has 0 saturated heterocycles. The Bertz CT molecular complexity index is 1680. The van der Waals surface area contributed by atoms with Gasteiger partial charge in [0, 0.05) is 40.2 Å². The van der Waals surface area contributed by atoms with E-state index in [1.54, 1.807) is 12.1 Å². The number of halogens is 3. The van der Waals surface area contributed by atoms with Crippen LogP contribution in [0.5, 0.6) is 5.75 Å². The highest BCUT2D eigenvalue weighted by molar-refractivity contribution is 7.15. The Morgan fingerprint density at radius 1 is 1.00 bits per heavy atom. The van der Waals surface area contributed by atoms with Gasteiger partial charge >= 0.3 is 11.6 Å². The quantitative estimate of drug-likeness (QED) is 0.132. The number of aromatic nitrogens is 3. The molecular formula is C25H15Cl3N4O4S. The van der Waals surface area contributed by atoms with Gasteiger partial charge < -0.3 is 14.5 Å². The first-order valence-electron chi connectivity index (χ1n) is 10.7. The van der Waals surface area contributed by atoms with Gasteiger partial charge in [-0.15, -0.1) is 11.3 Å². The third-order valence-corrected chi connectivity index (χ3v) is 6.89. The number of carbonyl (C=O) groups excluding carboxylic acids is 1. The van der Waals surface area contributed by atoms with Crippen LogP contribution in [0.25, 0.3) is 21.4 Å². The van der Waals surface area contributed by atoms with E-state index in [1.165, 1.54) is 24.3 Å². The summed E-state index contributed by atoms with van der Waals surface area (Å²) < 4.78 is 10.6. The molecule has 5 aromatic rings. The lowest BCUT2D eigenvalue weighted by molar-refractivity contribution is -0.131. The molecule has 0 aliphatic carbocycles. The zero-order valence-corrected chi connectivity index (χ0v) is 22.0. The van der Waals surface area contributed by atoms with Gasteiger partial charge in [0.2, 0.25) is 16.5 Å². The van der Waals surface area contributed by atoms with Gasteiger partial charge in [0.15, 0.2) is 5.75 Å². The predicted molar refractivity (Wildman–Crippen MR) is 144 cm³/mol. The molecule has 3 heterocycles. The average Bonchev–Trinajstić information content (AvgIpc) is 3.28. The second-order valence-electron chi connectivity index (χ2n) is 7.82. The number of nitrogens with one attached hydrogen (secondary N) is 1. The molecule has 1 N–H and O–H groups in total. The number of ether oxygens (including phenoxy) is 1. The van der Waals surface area contributed by atoms with E-state index in [9.17, 15) is 9.59 Å². The first kappa shape index (κ1) is 25.2. The number of anilines is 2. The van der Waals surface area contributed by atoms with Crippen LogP contribution in [-0.4, -0.2) is 20.9 Å². The number of nitrogens with zero attached hydrogens (tertiary/aromatic N) is 3. The molecule has 3 aromatic heterocycles.